The fraction of sp³-hybridized carbons (Fsp3) is 0.409. The molecule has 156 valence electrons. The number of alkyl halides is 1. The Morgan fingerprint density at radius 3 is 2.77 bits per heavy atom. The lowest BCUT2D eigenvalue weighted by molar-refractivity contribution is 0.181. The molecule has 0 saturated carbocycles. The highest BCUT2D eigenvalue weighted by atomic mass is 19.1. The summed E-state index contributed by atoms with van der Waals surface area (Å²) in [5.41, 5.74) is 1.58. The Hall–Kier alpha value is -3.00. The second-order valence-electron chi connectivity index (χ2n) is 8.61. The fourth-order valence-corrected chi connectivity index (χ4v) is 4.82. The van der Waals surface area contributed by atoms with Crippen LogP contribution in [-0.2, 0) is 0 Å². The van der Waals surface area contributed by atoms with Crippen molar-refractivity contribution >= 4 is 5.82 Å². The molecule has 7 nitrogen and oxygen atoms in total. The van der Waals surface area contributed by atoms with Crippen molar-refractivity contribution in [3.63, 3.8) is 0 Å². The molecule has 3 aromatic rings. The summed E-state index contributed by atoms with van der Waals surface area (Å²) in [4.78, 5) is 6.12. The van der Waals surface area contributed by atoms with E-state index in [1.807, 2.05) is 49.0 Å². The van der Waals surface area contributed by atoms with Gasteiger partial charge in [0.15, 0.2) is 5.82 Å². The lowest BCUT2D eigenvalue weighted by atomic mass is 9.88. The van der Waals surface area contributed by atoms with Crippen LogP contribution in [0.1, 0.15) is 26.2 Å². The monoisotopic (exact) mass is 408 g/mol. The van der Waals surface area contributed by atoms with Crippen molar-refractivity contribution in [2.75, 3.05) is 11.9 Å². The highest BCUT2D eigenvalue weighted by Crippen LogP contribution is 2.40. The molecule has 1 aromatic carbocycles. The zero-order valence-electron chi connectivity index (χ0n) is 17.0. The Balaban J connectivity index is 1.35. The van der Waals surface area contributed by atoms with Crippen LogP contribution >= 0.6 is 0 Å². The summed E-state index contributed by atoms with van der Waals surface area (Å²) in [6.07, 6.45) is 6.60. The normalized spacial score (nSPS) is 27.9. The molecule has 1 unspecified atom stereocenters. The molecule has 8 heteroatoms. The molecule has 2 bridgehead atoms. The number of halogens is 1. The fourth-order valence-electron chi connectivity index (χ4n) is 4.82. The summed E-state index contributed by atoms with van der Waals surface area (Å²) in [5.74, 6) is 0.882. The molecule has 4 atom stereocenters. The highest BCUT2D eigenvalue weighted by molar-refractivity contribution is 5.69. The second-order valence-corrected chi connectivity index (χ2v) is 8.61. The standard InChI is InChI=1S/C22H25FN6O/c1-22-12-16(9-14(25-22)10-20(22)23)28(2)21-6-5-18(26-27-21)17-4-3-15(11-19(17)30)29-8-7-24-13-29/h3-8,11,13-14,16,20,25,30H,9-10,12H2,1-2H3/t14?,16-,20-,22-/m0/s1. The van der Waals surface area contributed by atoms with Crippen molar-refractivity contribution in [1.82, 2.24) is 25.1 Å². The predicted octanol–water partition coefficient (Wildman–Crippen LogP) is 3.09. The number of nitrogens with one attached hydrogen (secondary N) is 1. The van der Waals surface area contributed by atoms with Gasteiger partial charge in [-0.05, 0) is 50.5 Å². The number of hydrogen-bond acceptors (Lipinski definition) is 6. The quantitative estimate of drug-likeness (QED) is 0.691. The molecule has 2 fully saturated rings. The maximum absolute atomic E-state index is 14.4. The van der Waals surface area contributed by atoms with Gasteiger partial charge in [0.2, 0.25) is 0 Å². The number of fused-ring (bicyclic) bond motifs is 2. The lowest BCUT2D eigenvalue weighted by Gasteiger charge is -2.41. The molecule has 2 saturated heterocycles. The van der Waals surface area contributed by atoms with Crippen molar-refractivity contribution in [2.24, 2.45) is 0 Å². The van der Waals surface area contributed by atoms with E-state index in [9.17, 15) is 9.50 Å². The van der Waals surface area contributed by atoms with Crippen molar-refractivity contribution in [2.45, 2.75) is 50.0 Å². The average Bonchev–Trinajstić information content (AvgIpc) is 3.34. The minimum Gasteiger partial charge on any atom is -0.507 e. The van der Waals surface area contributed by atoms with E-state index in [2.05, 4.69) is 25.4 Å². The van der Waals surface area contributed by atoms with Crippen LogP contribution in [0.15, 0.2) is 49.1 Å². The Labute approximate surface area is 174 Å². The average molecular weight is 408 g/mol. The van der Waals surface area contributed by atoms with Crippen LogP contribution in [-0.4, -0.2) is 55.7 Å². The van der Waals surface area contributed by atoms with Gasteiger partial charge in [-0.1, -0.05) is 0 Å². The molecular formula is C22H25FN6O. The van der Waals surface area contributed by atoms with Crippen LogP contribution in [0.4, 0.5) is 10.2 Å². The molecule has 5 rings (SSSR count). The molecule has 2 aliphatic heterocycles. The second kappa shape index (κ2) is 7.05. The van der Waals surface area contributed by atoms with E-state index in [1.165, 1.54) is 0 Å². The first-order chi connectivity index (χ1) is 14.4. The highest BCUT2D eigenvalue weighted by Gasteiger charge is 2.50. The maximum Gasteiger partial charge on any atom is 0.151 e. The van der Waals surface area contributed by atoms with Crippen molar-refractivity contribution < 1.29 is 9.50 Å². The van der Waals surface area contributed by atoms with E-state index >= 15 is 0 Å². The summed E-state index contributed by atoms with van der Waals surface area (Å²) < 4.78 is 16.2. The number of rotatable bonds is 4. The van der Waals surface area contributed by atoms with E-state index < -0.39 is 11.7 Å². The third-order valence-corrected chi connectivity index (χ3v) is 6.55. The van der Waals surface area contributed by atoms with Gasteiger partial charge in [-0.25, -0.2) is 9.37 Å². The van der Waals surface area contributed by atoms with E-state index in [1.54, 1.807) is 18.6 Å². The van der Waals surface area contributed by atoms with Crippen LogP contribution in [0.5, 0.6) is 5.75 Å². The largest absolute Gasteiger partial charge is 0.507 e. The van der Waals surface area contributed by atoms with Crippen LogP contribution in [0.2, 0.25) is 0 Å². The van der Waals surface area contributed by atoms with Gasteiger partial charge >= 0.3 is 0 Å². The van der Waals surface area contributed by atoms with E-state index in [4.69, 9.17) is 0 Å². The van der Waals surface area contributed by atoms with Gasteiger partial charge in [-0.3, -0.25) is 0 Å². The number of aromatic nitrogens is 4. The van der Waals surface area contributed by atoms with Crippen LogP contribution in [0, 0.1) is 0 Å². The third-order valence-electron chi connectivity index (χ3n) is 6.55. The van der Waals surface area contributed by atoms with Crippen LogP contribution in [0.25, 0.3) is 16.9 Å². The lowest BCUT2D eigenvalue weighted by Crippen LogP contribution is -2.55. The number of phenolic OH excluding ortho intramolecular Hbond substituents is 1. The number of piperidine rings is 1. The molecule has 0 spiro atoms. The maximum atomic E-state index is 14.4. The number of benzene rings is 1. The van der Waals surface area contributed by atoms with Gasteiger partial charge in [0.1, 0.15) is 11.9 Å². The van der Waals surface area contributed by atoms with Gasteiger partial charge in [-0.2, -0.15) is 0 Å². The van der Waals surface area contributed by atoms with Gasteiger partial charge in [0, 0.05) is 48.7 Å². The van der Waals surface area contributed by atoms with E-state index in [0.717, 1.165) is 24.3 Å². The molecule has 0 radical (unpaired) electrons. The molecule has 2 N–H and O–H groups in total. The first kappa shape index (κ1) is 19.0. The Kier molecular flexibility index (Phi) is 4.47. The van der Waals surface area contributed by atoms with Gasteiger partial charge < -0.3 is 19.9 Å². The van der Waals surface area contributed by atoms with Gasteiger partial charge in [-0.15, -0.1) is 10.2 Å². The van der Waals surface area contributed by atoms with Crippen molar-refractivity contribution in [1.29, 1.82) is 0 Å². The molecule has 2 aromatic heterocycles. The van der Waals surface area contributed by atoms with Gasteiger partial charge in [0.25, 0.3) is 0 Å². The zero-order chi connectivity index (χ0) is 20.9. The summed E-state index contributed by atoms with van der Waals surface area (Å²) >= 11 is 0. The zero-order valence-corrected chi connectivity index (χ0v) is 17.0. The molecule has 30 heavy (non-hydrogen) atoms. The first-order valence-electron chi connectivity index (χ1n) is 10.2. The number of hydrogen-bond donors (Lipinski definition) is 2. The van der Waals surface area contributed by atoms with Crippen molar-refractivity contribution in [3.8, 4) is 22.7 Å². The topological polar surface area (TPSA) is 79.1 Å². The Morgan fingerprint density at radius 1 is 1.23 bits per heavy atom. The minimum absolute atomic E-state index is 0.133. The molecule has 0 aliphatic carbocycles. The molecule has 4 heterocycles. The molecular weight excluding hydrogens is 383 g/mol. The number of aromatic hydroxyl groups is 1. The summed E-state index contributed by atoms with van der Waals surface area (Å²) in [7, 11) is 1.99. The summed E-state index contributed by atoms with van der Waals surface area (Å²) in [5, 5.41) is 22.7. The van der Waals surface area contributed by atoms with E-state index in [-0.39, 0.29) is 17.8 Å². The van der Waals surface area contributed by atoms with Crippen LogP contribution < -0.4 is 10.2 Å². The first-order valence-corrected chi connectivity index (χ1v) is 10.2. The Morgan fingerprint density at radius 2 is 2.10 bits per heavy atom. The van der Waals surface area contributed by atoms with Crippen LogP contribution in [0.3, 0.4) is 0 Å². The van der Waals surface area contributed by atoms with Gasteiger partial charge in [0.05, 0.1) is 17.7 Å². The third kappa shape index (κ3) is 3.21. The number of anilines is 1. The summed E-state index contributed by atoms with van der Waals surface area (Å²) in [6.45, 7) is 1.97. The number of imidazole rings is 1. The number of nitrogens with zero attached hydrogens (tertiary/aromatic N) is 5. The molecule has 0 amide bonds. The summed E-state index contributed by atoms with van der Waals surface area (Å²) in [6, 6.07) is 9.60. The molecule has 2 aliphatic rings. The van der Waals surface area contributed by atoms with Crippen molar-refractivity contribution in [3.05, 3.63) is 49.1 Å². The van der Waals surface area contributed by atoms with E-state index in [0.29, 0.717) is 17.7 Å². The predicted molar refractivity (Wildman–Crippen MR) is 113 cm³/mol. The Bertz CT molecular complexity index is 1040. The SMILES string of the molecule is CN(c1ccc(-c2ccc(-n3ccnc3)cc2O)nn1)[C@H]1CC2C[C@H](F)[C@](C)(C1)N2. The smallest absolute Gasteiger partial charge is 0.151 e. The number of phenols is 1. The minimum atomic E-state index is -0.803.